The highest BCUT2D eigenvalue weighted by atomic mass is 16.5. The third-order valence-corrected chi connectivity index (χ3v) is 3.75. The lowest BCUT2D eigenvalue weighted by Gasteiger charge is -2.20. The lowest BCUT2D eigenvalue weighted by Crippen LogP contribution is -2.31. The first-order valence-electron chi connectivity index (χ1n) is 6.42. The van der Waals surface area contributed by atoms with Crippen molar-refractivity contribution in [1.82, 2.24) is 9.97 Å². The first kappa shape index (κ1) is 11.0. The summed E-state index contributed by atoms with van der Waals surface area (Å²) in [5, 5.41) is 3.48. The van der Waals surface area contributed by atoms with Crippen LogP contribution in [0.1, 0.15) is 30.7 Å². The van der Waals surface area contributed by atoms with Gasteiger partial charge in [0, 0.05) is 6.61 Å². The van der Waals surface area contributed by atoms with Crippen LogP contribution in [0.25, 0.3) is 0 Å². The third-order valence-electron chi connectivity index (χ3n) is 3.75. The van der Waals surface area contributed by atoms with Crippen LogP contribution in [0.5, 0.6) is 0 Å². The summed E-state index contributed by atoms with van der Waals surface area (Å²) >= 11 is 0. The summed E-state index contributed by atoms with van der Waals surface area (Å²) in [6, 6.07) is 0.416. The molecular formula is C13H19N3O. The SMILES string of the molecule is Cc1ncc(NC2CCOC2C2CC2)nc1C. The monoisotopic (exact) mass is 233 g/mol. The fraction of sp³-hybridized carbons (Fsp3) is 0.692. The Morgan fingerprint density at radius 1 is 1.24 bits per heavy atom. The summed E-state index contributed by atoms with van der Waals surface area (Å²) in [5.41, 5.74) is 1.99. The van der Waals surface area contributed by atoms with Crippen molar-refractivity contribution in [3.8, 4) is 0 Å². The Hall–Kier alpha value is -1.16. The molecule has 1 aromatic heterocycles. The Balaban J connectivity index is 1.70. The van der Waals surface area contributed by atoms with E-state index < -0.39 is 0 Å². The smallest absolute Gasteiger partial charge is 0.145 e. The molecule has 0 bridgehead atoms. The summed E-state index contributed by atoms with van der Waals surface area (Å²) in [5.74, 6) is 1.66. The van der Waals surface area contributed by atoms with Crippen LogP contribution in [-0.2, 0) is 4.74 Å². The van der Waals surface area contributed by atoms with Crippen LogP contribution in [0.3, 0.4) is 0 Å². The molecule has 1 saturated carbocycles. The predicted octanol–water partition coefficient (Wildman–Crippen LogP) is 2.07. The molecule has 2 atom stereocenters. The maximum Gasteiger partial charge on any atom is 0.145 e. The molecule has 1 saturated heterocycles. The Labute approximate surface area is 102 Å². The molecule has 1 aromatic rings. The van der Waals surface area contributed by atoms with Crippen molar-refractivity contribution in [1.29, 1.82) is 0 Å². The average molecular weight is 233 g/mol. The molecule has 0 radical (unpaired) electrons. The zero-order valence-corrected chi connectivity index (χ0v) is 10.4. The van der Waals surface area contributed by atoms with Gasteiger partial charge in [-0.25, -0.2) is 4.98 Å². The quantitative estimate of drug-likeness (QED) is 0.868. The van der Waals surface area contributed by atoms with E-state index in [1.165, 1.54) is 12.8 Å². The van der Waals surface area contributed by atoms with Crippen molar-refractivity contribution in [3.63, 3.8) is 0 Å². The van der Waals surface area contributed by atoms with Gasteiger partial charge in [0.05, 0.1) is 29.7 Å². The van der Waals surface area contributed by atoms with Gasteiger partial charge in [-0.05, 0) is 39.0 Å². The third kappa shape index (κ3) is 2.27. The van der Waals surface area contributed by atoms with E-state index in [-0.39, 0.29) is 0 Å². The second-order valence-corrected chi connectivity index (χ2v) is 5.14. The summed E-state index contributed by atoms with van der Waals surface area (Å²) < 4.78 is 5.80. The lowest BCUT2D eigenvalue weighted by atomic mass is 10.1. The minimum absolute atomic E-state index is 0.387. The van der Waals surface area contributed by atoms with Crippen LogP contribution in [0.4, 0.5) is 5.82 Å². The molecule has 1 aliphatic heterocycles. The highest BCUT2D eigenvalue weighted by molar-refractivity contribution is 5.35. The van der Waals surface area contributed by atoms with E-state index >= 15 is 0 Å². The molecule has 2 aliphatic rings. The Morgan fingerprint density at radius 3 is 2.76 bits per heavy atom. The molecule has 0 spiro atoms. The first-order valence-corrected chi connectivity index (χ1v) is 6.42. The van der Waals surface area contributed by atoms with E-state index in [1.807, 2.05) is 20.0 Å². The predicted molar refractivity (Wildman–Crippen MR) is 66.0 cm³/mol. The molecular weight excluding hydrogens is 214 g/mol. The van der Waals surface area contributed by atoms with Gasteiger partial charge in [0.2, 0.25) is 0 Å². The molecule has 0 aromatic carbocycles. The second-order valence-electron chi connectivity index (χ2n) is 5.14. The summed E-state index contributed by atoms with van der Waals surface area (Å²) in [6.45, 7) is 4.85. The second kappa shape index (κ2) is 4.26. The van der Waals surface area contributed by atoms with Crippen LogP contribution in [0.2, 0.25) is 0 Å². The molecule has 1 N–H and O–H groups in total. The average Bonchev–Trinajstić information content (AvgIpc) is 3.05. The lowest BCUT2D eigenvalue weighted by molar-refractivity contribution is 0.0898. The molecule has 92 valence electrons. The molecule has 3 rings (SSSR count). The van der Waals surface area contributed by atoms with E-state index in [0.717, 1.165) is 36.2 Å². The maximum atomic E-state index is 5.80. The Kier molecular flexibility index (Phi) is 2.74. The van der Waals surface area contributed by atoms with Crippen LogP contribution >= 0.6 is 0 Å². The van der Waals surface area contributed by atoms with E-state index in [0.29, 0.717) is 12.1 Å². The van der Waals surface area contributed by atoms with Crippen LogP contribution < -0.4 is 5.32 Å². The van der Waals surface area contributed by atoms with Gasteiger partial charge in [-0.2, -0.15) is 0 Å². The van der Waals surface area contributed by atoms with Gasteiger partial charge >= 0.3 is 0 Å². The van der Waals surface area contributed by atoms with Crippen molar-refractivity contribution in [2.75, 3.05) is 11.9 Å². The number of ether oxygens (including phenoxy) is 1. The van der Waals surface area contributed by atoms with Crippen molar-refractivity contribution >= 4 is 5.82 Å². The van der Waals surface area contributed by atoms with Crippen LogP contribution in [-0.4, -0.2) is 28.7 Å². The van der Waals surface area contributed by atoms with Gasteiger partial charge in [-0.3, -0.25) is 4.98 Å². The van der Waals surface area contributed by atoms with Crippen molar-refractivity contribution in [3.05, 3.63) is 17.6 Å². The molecule has 2 fully saturated rings. The van der Waals surface area contributed by atoms with Crippen LogP contribution in [0.15, 0.2) is 6.20 Å². The maximum absolute atomic E-state index is 5.80. The number of nitrogens with one attached hydrogen (secondary N) is 1. The van der Waals surface area contributed by atoms with E-state index in [4.69, 9.17) is 4.74 Å². The molecule has 4 heteroatoms. The zero-order valence-electron chi connectivity index (χ0n) is 10.4. The summed E-state index contributed by atoms with van der Waals surface area (Å²) in [4.78, 5) is 8.86. The minimum atomic E-state index is 0.387. The topological polar surface area (TPSA) is 47.0 Å². The van der Waals surface area contributed by atoms with E-state index in [1.54, 1.807) is 0 Å². The Bertz CT molecular complexity index is 417. The number of nitrogens with zero attached hydrogens (tertiary/aromatic N) is 2. The number of aromatic nitrogens is 2. The van der Waals surface area contributed by atoms with Crippen molar-refractivity contribution in [2.24, 2.45) is 5.92 Å². The standard InChI is InChI=1S/C13H19N3O/c1-8-9(2)15-12(7-14-8)16-11-5-6-17-13(11)10-3-4-10/h7,10-11,13H,3-6H2,1-2H3,(H,15,16). The number of aryl methyl sites for hydroxylation is 2. The summed E-state index contributed by atoms with van der Waals surface area (Å²) in [7, 11) is 0. The molecule has 1 aliphatic carbocycles. The molecule has 0 amide bonds. The number of hydrogen-bond donors (Lipinski definition) is 1. The van der Waals surface area contributed by atoms with Crippen molar-refractivity contribution in [2.45, 2.75) is 45.3 Å². The van der Waals surface area contributed by atoms with Gasteiger partial charge in [0.1, 0.15) is 5.82 Å². The van der Waals surface area contributed by atoms with Gasteiger partial charge in [0.15, 0.2) is 0 Å². The van der Waals surface area contributed by atoms with Gasteiger partial charge in [0.25, 0.3) is 0 Å². The molecule has 4 nitrogen and oxygen atoms in total. The zero-order chi connectivity index (χ0) is 11.8. The minimum Gasteiger partial charge on any atom is -0.376 e. The fourth-order valence-corrected chi connectivity index (χ4v) is 2.46. The van der Waals surface area contributed by atoms with Gasteiger partial charge < -0.3 is 10.1 Å². The largest absolute Gasteiger partial charge is 0.376 e. The normalized spacial score (nSPS) is 28.4. The van der Waals surface area contributed by atoms with E-state index in [9.17, 15) is 0 Å². The van der Waals surface area contributed by atoms with Crippen molar-refractivity contribution < 1.29 is 4.74 Å². The van der Waals surface area contributed by atoms with Gasteiger partial charge in [-0.1, -0.05) is 0 Å². The number of hydrogen-bond acceptors (Lipinski definition) is 4. The van der Waals surface area contributed by atoms with E-state index in [2.05, 4.69) is 15.3 Å². The fourth-order valence-electron chi connectivity index (χ4n) is 2.46. The number of anilines is 1. The molecule has 2 unspecified atom stereocenters. The highest BCUT2D eigenvalue weighted by Gasteiger charge is 2.40. The Morgan fingerprint density at radius 2 is 2.06 bits per heavy atom. The highest BCUT2D eigenvalue weighted by Crippen LogP contribution is 2.39. The first-order chi connectivity index (χ1) is 8.24. The molecule has 17 heavy (non-hydrogen) atoms. The number of rotatable bonds is 3. The summed E-state index contributed by atoms with van der Waals surface area (Å²) in [6.07, 6.45) is 5.93. The molecule has 2 heterocycles. The van der Waals surface area contributed by atoms with Crippen LogP contribution in [0, 0.1) is 19.8 Å². The van der Waals surface area contributed by atoms with Gasteiger partial charge in [-0.15, -0.1) is 0 Å².